The fraction of sp³-hybridized carbons (Fsp3) is 0.238. The van der Waals surface area contributed by atoms with Gasteiger partial charge in [0.25, 0.3) is 0 Å². The van der Waals surface area contributed by atoms with Crippen molar-refractivity contribution >= 4 is 38.1 Å². The van der Waals surface area contributed by atoms with E-state index in [1.54, 1.807) is 29.6 Å². The molecule has 1 saturated heterocycles. The van der Waals surface area contributed by atoms with Crippen molar-refractivity contribution in [2.45, 2.75) is 4.90 Å². The van der Waals surface area contributed by atoms with Crippen molar-refractivity contribution in [2.75, 3.05) is 38.2 Å². The first kappa shape index (κ1) is 19.1. The van der Waals surface area contributed by atoms with E-state index in [0.29, 0.717) is 36.6 Å². The first-order chi connectivity index (χ1) is 13.5. The average molecular weight is 417 g/mol. The zero-order valence-corrected chi connectivity index (χ0v) is 17.1. The molecule has 0 spiro atoms. The summed E-state index contributed by atoms with van der Waals surface area (Å²) in [6.45, 7) is 2.07. The Morgan fingerprint density at radius 2 is 1.61 bits per heavy atom. The van der Waals surface area contributed by atoms with E-state index in [4.69, 9.17) is 16.3 Å². The van der Waals surface area contributed by atoms with E-state index in [1.807, 2.05) is 42.5 Å². The standard InChI is InChI=1S/C21H21ClN2O3S/c1-27-18-8-4-7-17(15-18)23-11-13-24(14-12-23)28(25,26)20-10-3-6-16-5-2-9-19(22)21(16)20/h2-10,15H,11-14H2,1H3. The Hall–Kier alpha value is -2.28. The molecule has 7 heteroatoms. The van der Waals surface area contributed by atoms with Crippen LogP contribution in [0.25, 0.3) is 10.8 Å². The quantitative estimate of drug-likeness (QED) is 0.644. The summed E-state index contributed by atoms with van der Waals surface area (Å²) in [6, 6.07) is 18.5. The lowest BCUT2D eigenvalue weighted by atomic mass is 10.1. The number of benzene rings is 3. The Morgan fingerprint density at radius 3 is 2.32 bits per heavy atom. The minimum atomic E-state index is -3.63. The van der Waals surface area contributed by atoms with E-state index < -0.39 is 10.0 Å². The number of hydrogen-bond donors (Lipinski definition) is 0. The van der Waals surface area contributed by atoms with Crippen molar-refractivity contribution in [3.8, 4) is 5.75 Å². The molecule has 1 heterocycles. The largest absolute Gasteiger partial charge is 0.497 e. The van der Waals surface area contributed by atoms with Crippen LogP contribution in [-0.4, -0.2) is 46.0 Å². The molecule has 0 unspecified atom stereocenters. The van der Waals surface area contributed by atoms with Crippen LogP contribution in [0.3, 0.4) is 0 Å². The monoisotopic (exact) mass is 416 g/mol. The van der Waals surface area contributed by atoms with Gasteiger partial charge in [-0.2, -0.15) is 4.31 Å². The number of nitrogens with zero attached hydrogens (tertiary/aromatic N) is 2. The van der Waals surface area contributed by atoms with E-state index in [0.717, 1.165) is 16.8 Å². The van der Waals surface area contributed by atoms with Gasteiger partial charge in [-0.1, -0.05) is 41.9 Å². The summed E-state index contributed by atoms with van der Waals surface area (Å²) < 4.78 is 33.5. The third-order valence-corrected chi connectivity index (χ3v) is 7.35. The summed E-state index contributed by atoms with van der Waals surface area (Å²) in [5, 5.41) is 1.86. The molecule has 3 aromatic carbocycles. The number of methoxy groups -OCH3 is 1. The van der Waals surface area contributed by atoms with Crippen molar-refractivity contribution < 1.29 is 13.2 Å². The van der Waals surface area contributed by atoms with E-state index in [-0.39, 0.29) is 4.90 Å². The summed E-state index contributed by atoms with van der Waals surface area (Å²) in [5.41, 5.74) is 1.03. The van der Waals surface area contributed by atoms with Gasteiger partial charge in [-0.05, 0) is 29.7 Å². The Labute approximate surface area is 170 Å². The second-order valence-electron chi connectivity index (χ2n) is 6.69. The van der Waals surface area contributed by atoms with Crippen LogP contribution in [0.1, 0.15) is 0 Å². The minimum absolute atomic E-state index is 0.269. The Kier molecular flexibility index (Phi) is 5.19. The predicted octanol–water partition coefficient (Wildman–Crippen LogP) is 4.01. The summed E-state index contributed by atoms with van der Waals surface area (Å²) in [4.78, 5) is 2.44. The molecule has 0 saturated carbocycles. The lowest BCUT2D eigenvalue weighted by Gasteiger charge is -2.35. The molecule has 0 N–H and O–H groups in total. The summed E-state index contributed by atoms with van der Waals surface area (Å²) in [6.07, 6.45) is 0. The van der Waals surface area contributed by atoms with Gasteiger partial charge in [-0.3, -0.25) is 0 Å². The Bertz CT molecular complexity index is 1100. The zero-order valence-electron chi connectivity index (χ0n) is 15.5. The van der Waals surface area contributed by atoms with Crippen LogP contribution in [0.2, 0.25) is 5.02 Å². The lowest BCUT2D eigenvalue weighted by molar-refractivity contribution is 0.384. The molecule has 1 aliphatic rings. The van der Waals surface area contributed by atoms with Crippen LogP contribution in [0.5, 0.6) is 5.75 Å². The molecule has 0 radical (unpaired) electrons. The maximum absolute atomic E-state index is 13.3. The third kappa shape index (κ3) is 3.43. The van der Waals surface area contributed by atoms with Crippen LogP contribution in [-0.2, 0) is 10.0 Å². The fourth-order valence-electron chi connectivity index (χ4n) is 3.61. The van der Waals surface area contributed by atoms with Crippen molar-refractivity contribution in [1.82, 2.24) is 4.31 Å². The van der Waals surface area contributed by atoms with Gasteiger partial charge in [0, 0.05) is 48.3 Å². The van der Waals surface area contributed by atoms with E-state index in [9.17, 15) is 8.42 Å². The third-order valence-electron chi connectivity index (χ3n) is 5.09. The Balaban J connectivity index is 1.59. The number of hydrogen-bond acceptors (Lipinski definition) is 4. The van der Waals surface area contributed by atoms with Gasteiger partial charge in [0.05, 0.1) is 12.0 Å². The summed E-state index contributed by atoms with van der Waals surface area (Å²) in [5.74, 6) is 0.790. The normalized spacial score (nSPS) is 15.7. The van der Waals surface area contributed by atoms with Crippen LogP contribution >= 0.6 is 11.6 Å². The number of sulfonamides is 1. The molecule has 28 heavy (non-hydrogen) atoms. The molecule has 0 aliphatic carbocycles. The van der Waals surface area contributed by atoms with Gasteiger partial charge in [-0.15, -0.1) is 0 Å². The number of piperazine rings is 1. The number of anilines is 1. The highest BCUT2D eigenvalue weighted by Gasteiger charge is 2.30. The minimum Gasteiger partial charge on any atom is -0.497 e. The molecule has 3 aromatic rings. The molecule has 0 amide bonds. The zero-order chi connectivity index (χ0) is 19.7. The molecule has 0 atom stereocenters. The molecule has 1 fully saturated rings. The lowest BCUT2D eigenvalue weighted by Crippen LogP contribution is -2.48. The molecule has 0 aromatic heterocycles. The van der Waals surface area contributed by atoms with Crippen molar-refractivity contribution in [2.24, 2.45) is 0 Å². The molecule has 0 bridgehead atoms. The van der Waals surface area contributed by atoms with Gasteiger partial charge < -0.3 is 9.64 Å². The van der Waals surface area contributed by atoms with Crippen LogP contribution in [0.15, 0.2) is 65.6 Å². The van der Waals surface area contributed by atoms with Crippen LogP contribution in [0.4, 0.5) is 5.69 Å². The fourth-order valence-corrected chi connectivity index (χ4v) is 5.61. The molecular weight excluding hydrogens is 396 g/mol. The van der Waals surface area contributed by atoms with Gasteiger partial charge >= 0.3 is 0 Å². The van der Waals surface area contributed by atoms with E-state index in [2.05, 4.69) is 4.90 Å². The second kappa shape index (κ2) is 7.62. The molecule has 1 aliphatic heterocycles. The molecular formula is C21H21ClN2O3S. The van der Waals surface area contributed by atoms with Gasteiger partial charge in [0.2, 0.25) is 10.0 Å². The number of rotatable bonds is 4. The first-order valence-electron chi connectivity index (χ1n) is 9.07. The van der Waals surface area contributed by atoms with Gasteiger partial charge in [0.15, 0.2) is 0 Å². The number of fused-ring (bicyclic) bond motifs is 1. The highest BCUT2D eigenvalue weighted by atomic mass is 35.5. The highest BCUT2D eigenvalue weighted by molar-refractivity contribution is 7.89. The van der Waals surface area contributed by atoms with Crippen molar-refractivity contribution in [3.63, 3.8) is 0 Å². The summed E-state index contributed by atoms with van der Waals surface area (Å²) >= 11 is 6.34. The van der Waals surface area contributed by atoms with E-state index >= 15 is 0 Å². The molecule has 146 valence electrons. The van der Waals surface area contributed by atoms with Crippen LogP contribution < -0.4 is 9.64 Å². The summed E-state index contributed by atoms with van der Waals surface area (Å²) in [7, 11) is -1.99. The van der Waals surface area contributed by atoms with Crippen LogP contribution in [0, 0.1) is 0 Å². The van der Waals surface area contributed by atoms with Crippen molar-refractivity contribution in [3.05, 3.63) is 65.7 Å². The van der Waals surface area contributed by atoms with Crippen molar-refractivity contribution in [1.29, 1.82) is 0 Å². The predicted molar refractivity (Wildman–Crippen MR) is 113 cm³/mol. The van der Waals surface area contributed by atoms with Gasteiger partial charge in [0.1, 0.15) is 5.75 Å². The SMILES string of the molecule is COc1cccc(N2CCN(S(=O)(=O)c3cccc4cccc(Cl)c34)CC2)c1. The Morgan fingerprint density at radius 1 is 0.929 bits per heavy atom. The number of halogens is 1. The molecule has 4 rings (SSSR count). The maximum atomic E-state index is 13.3. The molecule has 5 nitrogen and oxygen atoms in total. The van der Waals surface area contributed by atoms with E-state index in [1.165, 1.54) is 0 Å². The number of ether oxygens (including phenoxy) is 1. The first-order valence-corrected chi connectivity index (χ1v) is 10.9. The second-order valence-corrected chi connectivity index (χ2v) is 9.00. The smallest absolute Gasteiger partial charge is 0.243 e. The average Bonchev–Trinajstić information content (AvgIpc) is 2.73. The van der Waals surface area contributed by atoms with Gasteiger partial charge in [-0.25, -0.2) is 8.42 Å². The highest BCUT2D eigenvalue weighted by Crippen LogP contribution is 2.32. The topological polar surface area (TPSA) is 49.9 Å². The maximum Gasteiger partial charge on any atom is 0.243 e.